The molecule has 3 heterocycles. The van der Waals surface area contributed by atoms with E-state index in [1.165, 1.54) is 29.9 Å². The van der Waals surface area contributed by atoms with Gasteiger partial charge in [-0.15, -0.1) is 0 Å². The molecule has 7 rings (SSSR count). The largest absolute Gasteiger partial charge is 0.366 e. The highest BCUT2D eigenvalue weighted by molar-refractivity contribution is 7.92. The molecule has 5 aromatic rings. The van der Waals surface area contributed by atoms with E-state index < -0.39 is 81.6 Å². The van der Waals surface area contributed by atoms with Crippen molar-refractivity contribution in [3.8, 4) is 11.1 Å². The second-order valence-electron chi connectivity index (χ2n) is 13.3. The summed E-state index contributed by atoms with van der Waals surface area (Å²) < 4.78 is 116. The highest BCUT2D eigenvalue weighted by Crippen LogP contribution is 2.63. The zero-order valence-electron chi connectivity index (χ0n) is 28.2. The van der Waals surface area contributed by atoms with Gasteiger partial charge in [-0.3, -0.25) is 28.7 Å². The first-order valence-electron chi connectivity index (χ1n) is 16.3. The molecule has 2 amide bonds. The van der Waals surface area contributed by atoms with Crippen molar-refractivity contribution in [2.75, 3.05) is 11.0 Å². The smallest absolute Gasteiger partial charge is 0.293 e. The fourth-order valence-electron chi connectivity index (χ4n) is 7.44. The number of hydrogen-bond donors (Lipinski definition) is 3. The van der Waals surface area contributed by atoms with Crippen molar-refractivity contribution in [3.05, 3.63) is 93.0 Å². The Morgan fingerprint density at radius 3 is 2.37 bits per heavy atom. The standard InChI is InChI=1S/C34H29ClF6N8O4S/c1-48-29-18(4-6-22(35)26(29)33(46-48)47-54(2,52)53)20-10-15(32(42)51)12-43-27(20)23(9-14-7-16(36)11-17(37)8-14)44-24(50)13-49-30-25(28(45-49)31(38)39)19-3-5-21(19)34(30,40)41/h4,6-8,10-12,19,21,23,31H,3,5,9,13H2,1-2H3,(H2,42,51)(H,44,50)(H,46,47)/t19-,21+,23-/m0/s1. The molecular formula is C34H29ClF6N8O4S. The fourth-order valence-corrected chi connectivity index (χ4v) is 8.18. The predicted molar refractivity (Wildman–Crippen MR) is 183 cm³/mol. The number of benzene rings is 2. The number of amides is 2. The number of nitrogens with one attached hydrogen (secondary N) is 2. The van der Waals surface area contributed by atoms with Gasteiger partial charge in [-0.1, -0.05) is 17.7 Å². The number of alkyl halides is 4. The maximum Gasteiger partial charge on any atom is 0.293 e. The molecule has 0 unspecified atom stereocenters. The van der Waals surface area contributed by atoms with Crippen molar-refractivity contribution in [2.24, 2.45) is 18.7 Å². The first-order valence-corrected chi connectivity index (χ1v) is 18.6. The summed E-state index contributed by atoms with van der Waals surface area (Å²) in [5, 5.41) is 10.9. The Morgan fingerprint density at radius 1 is 1.06 bits per heavy atom. The Balaban J connectivity index is 1.36. The van der Waals surface area contributed by atoms with Gasteiger partial charge in [-0.25, -0.2) is 26.0 Å². The summed E-state index contributed by atoms with van der Waals surface area (Å²) in [4.78, 5) is 30.6. The van der Waals surface area contributed by atoms with Crippen molar-refractivity contribution in [3.63, 3.8) is 0 Å². The number of aromatic nitrogens is 5. The molecule has 0 aliphatic heterocycles. The topological polar surface area (TPSA) is 167 Å². The molecule has 1 fully saturated rings. The van der Waals surface area contributed by atoms with Gasteiger partial charge in [0.05, 0.1) is 39.5 Å². The van der Waals surface area contributed by atoms with Gasteiger partial charge in [0.25, 0.3) is 12.3 Å². The maximum absolute atomic E-state index is 15.5. The SMILES string of the molecule is Cn1nc(NS(C)(=O)=O)c2c(Cl)ccc(-c3cc(C(N)=O)cnc3[C@H](Cc3cc(F)cc(F)c3)NC(=O)Cn3nc(C(F)F)c4c3C(F)(F)[C@@H]3CC[C@H]43)c21. The van der Waals surface area contributed by atoms with Gasteiger partial charge in [0.15, 0.2) is 5.82 Å². The summed E-state index contributed by atoms with van der Waals surface area (Å²) in [5.74, 6) is -9.47. The van der Waals surface area contributed by atoms with Crippen LogP contribution >= 0.6 is 11.6 Å². The number of hydrogen-bond acceptors (Lipinski definition) is 7. The van der Waals surface area contributed by atoms with E-state index in [9.17, 15) is 35.6 Å². The molecule has 4 N–H and O–H groups in total. The average molecular weight is 795 g/mol. The average Bonchev–Trinajstić information content (AvgIpc) is 3.61. The van der Waals surface area contributed by atoms with Gasteiger partial charge >= 0.3 is 0 Å². The summed E-state index contributed by atoms with van der Waals surface area (Å²) in [6.07, 6.45) is -1.16. The predicted octanol–water partition coefficient (Wildman–Crippen LogP) is 5.87. The lowest BCUT2D eigenvalue weighted by Gasteiger charge is -2.34. The monoisotopic (exact) mass is 794 g/mol. The molecule has 0 radical (unpaired) electrons. The normalized spacial score (nSPS) is 18.0. The Morgan fingerprint density at radius 2 is 1.76 bits per heavy atom. The van der Waals surface area contributed by atoms with Gasteiger partial charge < -0.3 is 11.1 Å². The molecule has 1 saturated carbocycles. The van der Waals surface area contributed by atoms with Crippen molar-refractivity contribution in [1.82, 2.24) is 29.9 Å². The number of sulfonamides is 1. The van der Waals surface area contributed by atoms with Crippen LogP contribution in [-0.4, -0.2) is 51.0 Å². The Hall–Kier alpha value is -5.17. The molecular weight excluding hydrogens is 766 g/mol. The zero-order valence-corrected chi connectivity index (χ0v) is 29.8. The van der Waals surface area contributed by atoms with E-state index in [0.717, 1.165) is 24.6 Å². The van der Waals surface area contributed by atoms with E-state index in [1.54, 1.807) is 0 Å². The number of carbonyl (C=O) groups is 2. The van der Waals surface area contributed by atoms with Crippen LogP contribution in [0.5, 0.6) is 0 Å². The minimum atomic E-state index is -3.85. The van der Waals surface area contributed by atoms with Crippen molar-refractivity contribution in [1.29, 1.82) is 0 Å². The summed E-state index contributed by atoms with van der Waals surface area (Å²) >= 11 is 6.52. The molecule has 0 spiro atoms. The van der Waals surface area contributed by atoms with Crippen LogP contribution < -0.4 is 15.8 Å². The van der Waals surface area contributed by atoms with Gasteiger partial charge in [0, 0.05) is 41.9 Å². The van der Waals surface area contributed by atoms with Crippen LogP contribution in [0.2, 0.25) is 5.02 Å². The first-order chi connectivity index (χ1) is 25.3. The van der Waals surface area contributed by atoms with Gasteiger partial charge in [0.2, 0.25) is 21.8 Å². The van der Waals surface area contributed by atoms with Crippen LogP contribution in [0.15, 0.2) is 42.6 Å². The van der Waals surface area contributed by atoms with E-state index in [2.05, 4.69) is 25.2 Å². The minimum absolute atomic E-state index is 0.0222. The molecule has 2 aromatic carbocycles. The van der Waals surface area contributed by atoms with E-state index in [1.807, 2.05) is 0 Å². The first kappa shape index (κ1) is 37.2. The number of primary amides is 1. The van der Waals surface area contributed by atoms with Crippen LogP contribution in [0.25, 0.3) is 22.0 Å². The number of carbonyl (C=O) groups excluding carboxylic acids is 2. The second-order valence-corrected chi connectivity index (χ2v) is 15.5. The van der Waals surface area contributed by atoms with Crippen LogP contribution in [0.3, 0.4) is 0 Å². The van der Waals surface area contributed by atoms with E-state index in [0.29, 0.717) is 10.7 Å². The van der Waals surface area contributed by atoms with E-state index in [-0.39, 0.29) is 74.5 Å². The van der Waals surface area contributed by atoms with Gasteiger partial charge in [-0.2, -0.15) is 19.0 Å². The molecule has 0 saturated heterocycles. The number of nitrogens with zero attached hydrogens (tertiary/aromatic N) is 5. The Bertz CT molecular complexity index is 2470. The molecule has 284 valence electrons. The lowest BCUT2D eigenvalue weighted by molar-refractivity contribution is -0.123. The second kappa shape index (κ2) is 13.3. The lowest BCUT2D eigenvalue weighted by Crippen LogP contribution is -2.36. The highest BCUT2D eigenvalue weighted by atomic mass is 35.5. The molecule has 0 bridgehead atoms. The van der Waals surface area contributed by atoms with Crippen molar-refractivity contribution >= 4 is 50.2 Å². The zero-order chi connectivity index (χ0) is 39.0. The molecule has 2 aliphatic rings. The fraction of sp³-hybridized carbons (Fsp3) is 0.324. The summed E-state index contributed by atoms with van der Waals surface area (Å²) in [6.45, 7) is -0.930. The number of halogens is 7. The molecule has 54 heavy (non-hydrogen) atoms. The molecule has 2 aliphatic carbocycles. The van der Waals surface area contributed by atoms with E-state index in [4.69, 9.17) is 17.3 Å². The number of aryl methyl sites for hydroxylation is 1. The highest BCUT2D eigenvalue weighted by Gasteiger charge is 2.62. The quantitative estimate of drug-likeness (QED) is 0.141. The van der Waals surface area contributed by atoms with Crippen molar-refractivity contribution in [2.45, 2.75) is 50.1 Å². The van der Waals surface area contributed by atoms with Crippen LogP contribution in [0, 0.1) is 17.6 Å². The number of anilines is 1. The minimum Gasteiger partial charge on any atom is -0.366 e. The molecule has 3 aromatic heterocycles. The third-order valence-corrected chi connectivity index (χ3v) is 10.6. The summed E-state index contributed by atoms with van der Waals surface area (Å²) in [7, 11) is -2.37. The van der Waals surface area contributed by atoms with Crippen LogP contribution in [0.4, 0.5) is 32.2 Å². The molecule has 3 atom stereocenters. The van der Waals surface area contributed by atoms with Crippen molar-refractivity contribution < 1.29 is 44.3 Å². The van der Waals surface area contributed by atoms with E-state index >= 15 is 8.78 Å². The number of rotatable bonds is 11. The van der Waals surface area contributed by atoms with Crippen LogP contribution in [-0.2, 0) is 40.8 Å². The third-order valence-electron chi connectivity index (χ3n) is 9.68. The lowest BCUT2D eigenvalue weighted by atomic mass is 9.73. The summed E-state index contributed by atoms with van der Waals surface area (Å²) in [5.41, 5.74) is 4.20. The third kappa shape index (κ3) is 6.52. The van der Waals surface area contributed by atoms with Gasteiger partial charge in [-0.05, 0) is 55.0 Å². The Kier molecular flexibility index (Phi) is 9.15. The van der Waals surface area contributed by atoms with Gasteiger partial charge in [0.1, 0.15) is 29.6 Å². The maximum atomic E-state index is 15.5. The Labute approximate surface area is 307 Å². The number of fused-ring (bicyclic) bond motifs is 4. The summed E-state index contributed by atoms with van der Waals surface area (Å²) in [6, 6.07) is 5.52. The number of nitrogens with two attached hydrogens (primary N) is 1. The van der Waals surface area contributed by atoms with Crippen LogP contribution in [0.1, 0.15) is 69.8 Å². The number of pyridine rings is 1. The molecule has 12 nitrogen and oxygen atoms in total. The molecule has 20 heteroatoms.